The van der Waals surface area contributed by atoms with Crippen molar-refractivity contribution in [2.24, 2.45) is 4.99 Å². The number of hydrogen-bond acceptors (Lipinski definition) is 4. The quantitative estimate of drug-likeness (QED) is 0.356. The molecule has 1 aliphatic carbocycles. The highest BCUT2D eigenvalue weighted by Gasteiger charge is 2.44. The Morgan fingerprint density at radius 1 is 1.31 bits per heavy atom. The van der Waals surface area contributed by atoms with Crippen molar-refractivity contribution in [2.45, 2.75) is 25.2 Å². The Morgan fingerprint density at radius 3 is 2.69 bits per heavy atom. The van der Waals surface area contributed by atoms with E-state index < -0.39 is 9.84 Å². The highest BCUT2D eigenvalue weighted by molar-refractivity contribution is 7.90. The standard InChI is InChI=1S/C18H28ClN3O3S/c1-3-20-17(21-9-10-25-11-12-26(2,23)24)22-14-18(7-8-18)15-5-4-6-16(19)13-15/h4-6,13H,3,7-12,14H2,1-2H3,(H2,20,21,22). The monoisotopic (exact) mass is 401 g/mol. The lowest BCUT2D eigenvalue weighted by Crippen LogP contribution is -2.39. The lowest BCUT2D eigenvalue weighted by Gasteiger charge is -2.16. The minimum atomic E-state index is -2.97. The summed E-state index contributed by atoms with van der Waals surface area (Å²) in [5, 5.41) is 7.20. The Morgan fingerprint density at radius 2 is 2.08 bits per heavy atom. The van der Waals surface area contributed by atoms with Crippen LogP contribution in [0.5, 0.6) is 0 Å². The lowest BCUT2D eigenvalue weighted by molar-refractivity contribution is 0.154. The molecule has 1 aromatic rings. The molecule has 0 spiro atoms. The van der Waals surface area contributed by atoms with Crippen molar-refractivity contribution < 1.29 is 13.2 Å². The molecule has 0 bridgehead atoms. The van der Waals surface area contributed by atoms with Crippen LogP contribution in [0.1, 0.15) is 25.3 Å². The summed E-state index contributed by atoms with van der Waals surface area (Å²) in [6.45, 7) is 4.71. The molecular formula is C18H28ClN3O3S. The van der Waals surface area contributed by atoms with Crippen molar-refractivity contribution >= 4 is 27.4 Å². The van der Waals surface area contributed by atoms with E-state index in [0.717, 1.165) is 30.4 Å². The molecule has 2 rings (SSSR count). The maximum absolute atomic E-state index is 11.0. The smallest absolute Gasteiger partial charge is 0.191 e. The molecule has 8 heteroatoms. The van der Waals surface area contributed by atoms with Gasteiger partial charge < -0.3 is 15.4 Å². The third-order valence-corrected chi connectivity index (χ3v) is 5.46. The van der Waals surface area contributed by atoms with Crippen molar-refractivity contribution in [3.05, 3.63) is 34.9 Å². The maximum Gasteiger partial charge on any atom is 0.191 e. The third kappa shape index (κ3) is 7.13. The van der Waals surface area contributed by atoms with Gasteiger partial charge in [0.25, 0.3) is 0 Å². The summed E-state index contributed by atoms with van der Waals surface area (Å²) in [6.07, 6.45) is 3.44. The molecule has 6 nitrogen and oxygen atoms in total. The molecule has 1 fully saturated rings. The Labute approximate surface area is 161 Å². The van der Waals surface area contributed by atoms with Crippen LogP contribution in [0, 0.1) is 0 Å². The van der Waals surface area contributed by atoms with Crippen LogP contribution in [0.3, 0.4) is 0 Å². The molecule has 0 heterocycles. The highest BCUT2D eigenvalue weighted by Crippen LogP contribution is 2.48. The number of hydrogen-bond donors (Lipinski definition) is 2. The number of sulfone groups is 1. The zero-order valence-corrected chi connectivity index (χ0v) is 17.0. The zero-order chi connectivity index (χ0) is 19.0. The molecule has 1 aromatic carbocycles. The van der Waals surface area contributed by atoms with Crippen LogP contribution < -0.4 is 10.6 Å². The number of aliphatic imine (C=N–C) groups is 1. The van der Waals surface area contributed by atoms with Gasteiger partial charge >= 0.3 is 0 Å². The summed E-state index contributed by atoms with van der Waals surface area (Å²) in [4.78, 5) is 4.71. The first kappa shape index (κ1) is 21.0. The first-order chi connectivity index (χ1) is 12.3. The zero-order valence-electron chi connectivity index (χ0n) is 15.4. The number of benzene rings is 1. The number of nitrogens with zero attached hydrogens (tertiary/aromatic N) is 1. The van der Waals surface area contributed by atoms with Gasteiger partial charge in [0.15, 0.2) is 5.96 Å². The Bertz CT molecular complexity index is 718. The van der Waals surface area contributed by atoms with Crippen LogP contribution in [0.15, 0.2) is 29.3 Å². The minimum absolute atomic E-state index is 0.0450. The van der Waals surface area contributed by atoms with E-state index in [2.05, 4.69) is 16.7 Å². The normalized spacial score (nSPS) is 16.3. The topological polar surface area (TPSA) is 79.8 Å². The van der Waals surface area contributed by atoms with E-state index in [9.17, 15) is 8.42 Å². The first-order valence-corrected chi connectivity index (χ1v) is 11.3. The van der Waals surface area contributed by atoms with Gasteiger partial charge in [0.2, 0.25) is 0 Å². The summed E-state index contributed by atoms with van der Waals surface area (Å²) in [6, 6.07) is 8.02. The molecular weight excluding hydrogens is 374 g/mol. The van der Waals surface area contributed by atoms with E-state index in [0.29, 0.717) is 19.7 Å². The predicted molar refractivity (Wildman–Crippen MR) is 107 cm³/mol. The van der Waals surface area contributed by atoms with Crippen molar-refractivity contribution in [1.82, 2.24) is 10.6 Å². The fourth-order valence-corrected chi connectivity index (χ4v) is 3.24. The van der Waals surface area contributed by atoms with E-state index >= 15 is 0 Å². The molecule has 0 saturated heterocycles. The summed E-state index contributed by atoms with van der Waals surface area (Å²) in [5.41, 5.74) is 1.34. The molecule has 0 radical (unpaired) electrons. The van der Waals surface area contributed by atoms with Gasteiger partial charge in [-0.05, 0) is 37.5 Å². The second-order valence-corrected chi connectivity index (χ2v) is 9.35. The second-order valence-electron chi connectivity index (χ2n) is 6.65. The van der Waals surface area contributed by atoms with E-state index in [-0.39, 0.29) is 17.8 Å². The minimum Gasteiger partial charge on any atom is -0.379 e. The first-order valence-electron chi connectivity index (χ1n) is 8.88. The SMILES string of the molecule is CCNC(=NCC1(c2cccc(Cl)c2)CC1)NCCOCCS(C)(=O)=O. The van der Waals surface area contributed by atoms with Crippen molar-refractivity contribution in [3.8, 4) is 0 Å². The maximum atomic E-state index is 11.0. The van der Waals surface area contributed by atoms with Crippen LogP contribution >= 0.6 is 11.6 Å². The molecule has 0 aliphatic heterocycles. The Balaban J connectivity index is 1.81. The average Bonchev–Trinajstić information content (AvgIpc) is 3.36. The van der Waals surface area contributed by atoms with Gasteiger partial charge in [0, 0.05) is 29.8 Å². The molecule has 0 aromatic heterocycles. The number of guanidine groups is 1. The fourth-order valence-electron chi connectivity index (χ4n) is 2.63. The number of rotatable bonds is 10. The van der Waals surface area contributed by atoms with E-state index in [1.54, 1.807) is 0 Å². The van der Waals surface area contributed by atoms with Crippen LogP contribution in [0.25, 0.3) is 0 Å². The lowest BCUT2D eigenvalue weighted by atomic mass is 9.96. The molecule has 0 amide bonds. The van der Waals surface area contributed by atoms with E-state index in [1.165, 1.54) is 11.8 Å². The van der Waals surface area contributed by atoms with E-state index in [1.807, 2.05) is 25.1 Å². The van der Waals surface area contributed by atoms with Gasteiger partial charge in [-0.25, -0.2) is 8.42 Å². The van der Waals surface area contributed by atoms with Gasteiger partial charge in [-0.3, -0.25) is 4.99 Å². The molecule has 0 unspecified atom stereocenters. The number of halogens is 1. The summed E-state index contributed by atoms with van der Waals surface area (Å²) >= 11 is 6.12. The van der Waals surface area contributed by atoms with E-state index in [4.69, 9.17) is 21.3 Å². The van der Waals surface area contributed by atoms with Crippen LogP contribution in [-0.4, -0.2) is 59.2 Å². The second kappa shape index (κ2) is 9.58. The summed E-state index contributed by atoms with van der Waals surface area (Å²) in [5.74, 6) is 0.788. The molecule has 1 aliphatic rings. The van der Waals surface area contributed by atoms with Crippen molar-refractivity contribution in [2.75, 3.05) is 44.9 Å². The van der Waals surface area contributed by atoms with Gasteiger partial charge in [-0.15, -0.1) is 0 Å². The van der Waals surface area contributed by atoms with Gasteiger partial charge in [-0.1, -0.05) is 23.7 Å². The number of nitrogens with one attached hydrogen (secondary N) is 2. The largest absolute Gasteiger partial charge is 0.379 e. The van der Waals surface area contributed by atoms with Crippen LogP contribution in [0.4, 0.5) is 0 Å². The van der Waals surface area contributed by atoms with Crippen molar-refractivity contribution in [3.63, 3.8) is 0 Å². The number of ether oxygens (including phenoxy) is 1. The summed E-state index contributed by atoms with van der Waals surface area (Å²) in [7, 11) is -2.97. The van der Waals surface area contributed by atoms with Gasteiger partial charge in [-0.2, -0.15) is 0 Å². The molecule has 0 atom stereocenters. The van der Waals surface area contributed by atoms with Crippen LogP contribution in [-0.2, 0) is 20.0 Å². The molecule has 1 saturated carbocycles. The molecule has 2 N–H and O–H groups in total. The molecule has 26 heavy (non-hydrogen) atoms. The highest BCUT2D eigenvalue weighted by atomic mass is 35.5. The summed E-state index contributed by atoms with van der Waals surface area (Å²) < 4.78 is 27.4. The van der Waals surface area contributed by atoms with Crippen LogP contribution in [0.2, 0.25) is 5.02 Å². The fraction of sp³-hybridized carbons (Fsp3) is 0.611. The molecule has 146 valence electrons. The average molecular weight is 402 g/mol. The van der Waals surface area contributed by atoms with Crippen molar-refractivity contribution in [1.29, 1.82) is 0 Å². The third-order valence-electron chi connectivity index (χ3n) is 4.31. The Kier molecular flexibility index (Phi) is 7.73. The Hall–Kier alpha value is -1.31. The predicted octanol–water partition coefficient (Wildman–Crippen LogP) is 1.99. The van der Waals surface area contributed by atoms with Gasteiger partial charge in [0.05, 0.1) is 25.5 Å². The van der Waals surface area contributed by atoms with Gasteiger partial charge in [0.1, 0.15) is 9.84 Å².